The number of hydrogen-bond donors (Lipinski definition) is 6. The summed E-state index contributed by atoms with van der Waals surface area (Å²) in [7, 11) is 0. The standard InChI is InChI=1S/C8H11ClN2O.C3H8.C2H6.2H3O3PS/c1-5(2)12-7-4-6(3)10-8(9)11-7;1-3-2;1-2;2*1-4(2,3)5/h4-5H,1-3H3;3H2,1-2H3;1-2H3;2*(H3,1,2,3,5). The lowest BCUT2D eigenvalue weighted by molar-refractivity contribution is 0.232. The van der Waals surface area contributed by atoms with E-state index in [1.54, 1.807) is 6.07 Å². The molecule has 0 aliphatic heterocycles. The second-order valence-corrected chi connectivity index (χ2v) is 9.85. The van der Waals surface area contributed by atoms with E-state index in [1.807, 2.05) is 34.6 Å². The van der Waals surface area contributed by atoms with E-state index in [2.05, 4.69) is 47.4 Å². The molecule has 9 nitrogen and oxygen atoms in total. The van der Waals surface area contributed by atoms with Gasteiger partial charge in [0.25, 0.3) is 0 Å². The molecule has 0 unspecified atom stereocenters. The second kappa shape index (κ2) is 19.5. The van der Waals surface area contributed by atoms with E-state index >= 15 is 0 Å². The van der Waals surface area contributed by atoms with Gasteiger partial charge < -0.3 is 34.1 Å². The van der Waals surface area contributed by atoms with Crippen LogP contribution in [0.25, 0.3) is 0 Å². The summed E-state index contributed by atoms with van der Waals surface area (Å²) in [6.07, 6.45) is 1.36. The molecule has 0 saturated heterocycles. The second-order valence-electron chi connectivity index (χ2n) is 4.52. The monoisotopic (exact) mass is 488 g/mol. The van der Waals surface area contributed by atoms with Crippen LogP contribution >= 0.6 is 25.0 Å². The molecule has 0 atom stereocenters. The van der Waals surface area contributed by atoms with Gasteiger partial charge in [0.2, 0.25) is 11.2 Å². The van der Waals surface area contributed by atoms with Gasteiger partial charge in [-0.25, -0.2) is 4.98 Å². The molecule has 0 saturated carbocycles. The van der Waals surface area contributed by atoms with E-state index in [-0.39, 0.29) is 11.4 Å². The van der Waals surface area contributed by atoms with Crippen molar-refractivity contribution in [2.45, 2.75) is 61.0 Å². The molecule has 0 amide bonds. The Kier molecular flexibility index (Phi) is 25.1. The minimum Gasteiger partial charge on any atom is -0.475 e. The number of aromatic nitrogens is 2. The summed E-state index contributed by atoms with van der Waals surface area (Å²) < 4.78 is 5.34. The fraction of sp³-hybridized carbons (Fsp3) is 0.692. The number of ether oxygens (including phenoxy) is 1. The largest absolute Gasteiger partial charge is 0.475 e. The third kappa shape index (κ3) is 58.5. The van der Waals surface area contributed by atoms with Gasteiger partial charge in [-0.1, -0.05) is 34.1 Å². The van der Waals surface area contributed by atoms with E-state index in [0.29, 0.717) is 5.88 Å². The Balaban J connectivity index is -0.000000148. The van der Waals surface area contributed by atoms with Crippen molar-refractivity contribution in [3.8, 4) is 5.88 Å². The summed E-state index contributed by atoms with van der Waals surface area (Å²) in [5.74, 6) is 0.530. The van der Waals surface area contributed by atoms with Crippen LogP contribution < -0.4 is 4.74 Å². The molecule has 0 aliphatic carbocycles. The first kappa shape index (κ1) is 34.7. The summed E-state index contributed by atoms with van der Waals surface area (Å²) in [6.45, 7) is 6.36. The van der Waals surface area contributed by atoms with Gasteiger partial charge in [0, 0.05) is 11.8 Å². The zero-order chi connectivity index (χ0) is 22.8. The molecule has 1 aromatic rings. The topological polar surface area (TPSA) is 156 Å². The van der Waals surface area contributed by atoms with Crippen LogP contribution in [0.3, 0.4) is 0 Å². The molecule has 0 aromatic carbocycles. The molecule has 1 heterocycles. The molecular weight excluding hydrogens is 458 g/mol. The minimum atomic E-state index is -3.81. The van der Waals surface area contributed by atoms with Crippen LogP contribution in [0.15, 0.2) is 6.07 Å². The fourth-order valence-electron chi connectivity index (χ4n) is 0.807. The lowest BCUT2D eigenvalue weighted by Crippen LogP contribution is -2.07. The number of rotatable bonds is 2. The highest BCUT2D eigenvalue weighted by atomic mass is 35.5. The molecule has 1 rings (SSSR count). The predicted molar refractivity (Wildman–Crippen MR) is 117 cm³/mol. The van der Waals surface area contributed by atoms with Crippen molar-refractivity contribution in [1.82, 2.24) is 9.97 Å². The van der Waals surface area contributed by atoms with Crippen molar-refractivity contribution >= 4 is 48.7 Å². The first-order valence-electron chi connectivity index (χ1n) is 7.73. The summed E-state index contributed by atoms with van der Waals surface area (Å²) in [6, 6.07) is 1.76. The van der Waals surface area contributed by atoms with Gasteiger partial charge in [-0.05, 0) is 56.0 Å². The smallest absolute Gasteiger partial charge is 0.319 e. The summed E-state index contributed by atoms with van der Waals surface area (Å²) in [4.78, 5) is 53.2. The normalized spacial score (nSPS) is 9.89. The molecule has 0 bridgehead atoms. The van der Waals surface area contributed by atoms with Crippen LogP contribution in [-0.2, 0) is 23.6 Å². The van der Waals surface area contributed by atoms with Crippen LogP contribution in [-0.4, -0.2) is 45.4 Å². The Morgan fingerprint density at radius 2 is 1.30 bits per heavy atom. The SMILES string of the molecule is CC.CCC.Cc1cc(OC(C)C)nc(Cl)n1.OP(O)(O)=S.OP(O)(O)=S. The van der Waals surface area contributed by atoms with Crippen molar-refractivity contribution in [1.29, 1.82) is 0 Å². The van der Waals surface area contributed by atoms with Crippen LogP contribution in [0.2, 0.25) is 5.28 Å². The summed E-state index contributed by atoms with van der Waals surface area (Å²) >= 11 is 12.8. The maximum atomic E-state index is 7.56. The third-order valence-corrected chi connectivity index (χ3v) is 1.33. The molecule has 6 N–H and O–H groups in total. The lowest BCUT2D eigenvalue weighted by atomic mass is 10.4. The molecule has 0 aliphatic rings. The van der Waals surface area contributed by atoms with Gasteiger partial charge in [-0.15, -0.1) is 0 Å². The average molecular weight is 489 g/mol. The maximum Gasteiger partial charge on any atom is 0.319 e. The average Bonchev–Trinajstić information content (AvgIpc) is 2.35. The van der Waals surface area contributed by atoms with Crippen molar-refractivity contribution < 1.29 is 34.1 Å². The summed E-state index contributed by atoms with van der Waals surface area (Å²) in [5.41, 5.74) is 0.811. The van der Waals surface area contributed by atoms with Gasteiger partial charge in [-0.3, -0.25) is 0 Å². The maximum absolute atomic E-state index is 7.56. The predicted octanol–water partition coefficient (Wildman–Crippen LogP) is 3.04. The minimum absolute atomic E-state index is 0.107. The third-order valence-electron chi connectivity index (χ3n) is 1.16. The zero-order valence-corrected chi connectivity index (χ0v) is 20.6. The van der Waals surface area contributed by atoms with Crippen LogP contribution in [0.4, 0.5) is 0 Å². The number of aryl methyl sites for hydroxylation is 1. The molecule has 1 aromatic heterocycles. The van der Waals surface area contributed by atoms with Crippen molar-refractivity contribution in [3.63, 3.8) is 0 Å². The number of nitrogens with zero attached hydrogens (tertiary/aromatic N) is 2. The van der Waals surface area contributed by atoms with E-state index in [0.717, 1.165) is 5.69 Å². The quantitative estimate of drug-likeness (QED) is 0.268. The van der Waals surface area contributed by atoms with Gasteiger partial charge in [0.15, 0.2) is 0 Å². The van der Waals surface area contributed by atoms with Gasteiger partial charge in [0.1, 0.15) is 0 Å². The fourth-order valence-corrected chi connectivity index (χ4v) is 1.02. The van der Waals surface area contributed by atoms with Crippen molar-refractivity contribution in [3.05, 3.63) is 17.0 Å². The van der Waals surface area contributed by atoms with E-state index in [1.165, 1.54) is 6.42 Å². The zero-order valence-electron chi connectivity index (χ0n) is 16.4. The van der Waals surface area contributed by atoms with Crippen molar-refractivity contribution in [2.24, 2.45) is 0 Å². The van der Waals surface area contributed by atoms with E-state index < -0.39 is 13.4 Å². The van der Waals surface area contributed by atoms with Gasteiger partial charge >= 0.3 is 13.4 Å². The highest BCUT2D eigenvalue weighted by Crippen LogP contribution is 2.27. The van der Waals surface area contributed by atoms with Crippen LogP contribution in [0.5, 0.6) is 5.88 Å². The molecular formula is C13H31ClN2O7P2S2. The highest BCUT2D eigenvalue weighted by Gasteiger charge is 2.02. The lowest BCUT2D eigenvalue weighted by Gasteiger charge is -2.08. The molecule has 0 fully saturated rings. The van der Waals surface area contributed by atoms with E-state index in [9.17, 15) is 0 Å². The van der Waals surface area contributed by atoms with Crippen LogP contribution in [0, 0.1) is 6.92 Å². The number of halogens is 1. The highest BCUT2D eigenvalue weighted by molar-refractivity contribution is 8.06. The first-order valence-corrected chi connectivity index (χ1v) is 13.4. The number of hydrogen-bond acceptors (Lipinski definition) is 5. The van der Waals surface area contributed by atoms with Gasteiger partial charge in [-0.2, -0.15) is 4.98 Å². The Labute approximate surface area is 176 Å². The Morgan fingerprint density at radius 1 is 1.00 bits per heavy atom. The Bertz CT molecular complexity index is 515. The Hall–Kier alpha value is 0.230. The molecule has 27 heavy (non-hydrogen) atoms. The Morgan fingerprint density at radius 3 is 1.52 bits per heavy atom. The van der Waals surface area contributed by atoms with Crippen molar-refractivity contribution in [2.75, 3.05) is 0 Å². The van der Waals surface area contributed by atoms with E-state index in [4.69, 9.17) is 45.7 Å². The summed E-state index contributed by atoms with van der Waals surface area (Å²) in [5, 5.41) is 0.227. The molecule has 14 heteroatoms. The van der Waals surface area contributed by atoms with Gasteiger partial charge in [0.05, 0.1) is 6.10 Å². The molecule has 0 spiro atoms. The molecule has 0 radical (unpaired) electrons. The van der Waals surface area contributed by atoms with Crippen LogP contribution in [0.1, 0.15) is 53.7 Å². The molecule has 164 valence electrons. The first-order chi connectivity index (χ1) is 12.0.